The first kappa shape index (κ1) is 20.8. The Balaban J connectivity index is 1.61. The Bertz CT molecular complexity index is 1150. The molecule has 1 unspecified atom stereocenters. The SMILES string of the molecule is O=C(/C=C/c1ccccc1)Nc1ccccc1C1SCC(=O)N1c1cc(F)ccc1F. The van der Waals surface area contributed by atoms with E-state index in [1.165, 1.54) is 22.7 Å². The summed E-state index contributed by atoms with van der Waals surface area (Å²) in [5.74, 6) is -1.86. The van der Waals surface area contributed by atoms with E-state index in [4.69, 9.17) is 0 Å². The molecule has 0 aromatic heterocycles. The summed E-state index contributed by atoms with van der Waals surface area (Å²) in [5.41, 5.74) is 1.89. The zero-order valence-electron chi connectivity index (χ0n) is 16.3. The van der Waals surface area contributed by atoms with Gasteiger partial charge >= 0.3 is 0 Å². The van der Waals surface area contributed by atoms with Crippen molar-refractivity contribution in [2.45, 2.75) is 5.37 Å². The van der Waals surface area contributed by atoms with Crippen molar-refractivity contribution in [3.63, 3.8) is 0 Å². The fourth-order valence-electron chi connectivity index (χ4n) is 3.32. The van der Waals surface area contributed by atoms with Crippen molar-refractivity contribution in [2.75, 3.05) is 16.0 Å². The van der Waals surface area contributed by atoms with Crippen LogP contribution in [-0.2, 0) is 9.59 Å². The summed E-state index contributed by atoms with van der Waals surface area (Å²) in [4.78, 5) is 26.2. The lowest BCUT2D eigenvalue weighted by molar-refractivity contribution is -0.116. The van der Waals surface area contributed by atoms with Crippen LogP contribution in [-0.4, -0.2) is 17.6 Å². The Morgan fingerprint density at radius 1 is 1.03 bits per heavy atom. The van der Waals surface area contributed by atoms with Crippen LogP contribution in [0.2, 0.25) is 0 Å². The topological polar surface area (TPSA) is 49.4 Å². The lowest BCUT2D eigenvalue weighted by Gasteiger charge is -2.26. The lowest BCUT2D eigenvalue weighted by atomic mass is 10.1. The summed E-state index contributed by atoms with van der Waals surface area (Å²) in [6, 6.07) is 19.4. The van der Waals surface area contributed by atoms with Gasteiger partial charge in [-0.2, -0.15) is 0 Å². The predicted molar refractivity (Wildman–Crippen MR) is 120 cm³/mol. The van der Waals surface area contributed by atoms with Crippen molar-refractivity contribution < 1.29 is 18.4 Å². The van der Waals surface area contributed by atoms with Gasteiger partial charge in [-0.05, 0) is 29.8 Å². The fraction of sp³-hybridized carbons (Fsp3) is 0.0833. The molecule has 1 fully saturated rings. The van der Waals surface area contributed by atoms with Crippen LogP contribution in [0, 0.1) is 11.6 Å². The minimum atomic E-state index is -0.686. The molecule has 0 radical (unpaired) electrons. The Kier molecular flexibility index (Phi) is 6.13. The molecule has 31 heavy (non-hydrogen) atoms. The molecule has 1 saturated heterocycles. The van der Waals surface area contributed by atoms with E-state index in [0.717, 1.165) is 23.8 Å². The van der Waals surface area contributed by atoms with Crippen LogP contribution in [0.4, 0.5) is 20.2 Å². The minimum Gasteiger partial charge on any atom is -0.322 e. The maximum absolute atomic E-state index is 14.4. The number of thioether (sulfide) groups is 1. The van der Waals surface area contributed by atoms with Crippen molar-refractivity contribution in [2.24, 2.45) is 0 Å². The summed E-state index contributed by atoms with van der Waals surface area (Å²) in [7, 11) is 0. The van der Waals surface area contributed by atoms with E-state index in [9.17, 15) is 18.4 Å². The smallest absolute Gasteiger partial charge is 0.248 e. The number of anilines is 2. The highest BCUT2D eigenvalue weighted by atomic mass is 32.2. The molecule has 2 amide bonds. The standard InChI is InChI=1S/C24H18F2N2O2S/c25-17-11-12-19(26)21(14-17)28-23(30)15-31-24(28)18-8-4-5-9-20(18)27-22(29)13-10-16-6-2-1-3-7-16/h1-14,24H,15H2,(H,27,29)/b13-10+. The third kappa shape index (κ3) is 4.67. The van der Waals surface area contributed by atoms with E-state index in [1.807, 2.05) is 30.3 Å². The number of benzene rings is 3. The van der Waals surface area contributed by atoms with Crippen LogP contribution in [0.5, 0.6) is 0 Å². The summed E-state index contributed by atoms with van der Waals surface area (Å²) >= 11 is 1.29. The molecule has 0 saturated carbocycles. The number of rotatable bonds is 5. The van der Waals surface area contributed by atoms with Gasteiger partial charge in [0, 0.05) is 23.4 Å². The van der Waals surface area contributed by atoms with Gasteiger partial charge in [-0.1, -0.05) is 48.5 Å². The summed E-state index contributed by atoms with van der Waals surface area (Å²) in [6.07, 6.45) is 3.11. The second-order valence-electron chi connectivity index (χ2n) is 6.84. The van der Waals surface area contributed by atoms with E-state index in [1.54, 1.807) is 30.3 Å². The molecule has 3 aromatic rings. The van der Waals surface area contributed by atoms with Crippen LogP contribution in [0.15, 0.2) is 78.9 Å². The molecule has 3 aromatic carbocycles. The van der Waals surface area contributed by atoms with Crippen LogP contribution in [0.25, 0.3) is 6.08 Å². The average Bonchev–Trinajstić information content (AvgIpc) is 3.16. The highest BCUT2D eigenvalue weighted by molar-refractivity contribution is 8.00. The van der Waals surface area contributed by atoms with Crippen molar-refractivity contribution in [1.82, 2.24) is 0 Å². The first-order valence-corrected chi connectivity index (χ1v) is 10.6. The van der Waals surface area contributed by atoms with Gasteiger partial charge in [0.15, 0.2) is 0 Å². The average molecular weight is 436 g/mol. The number of halogens is 2. The molecule has 7 heteroatoms. The molecule has 0 spiro atoms. The van der Waals surface area contributed by atoms with E-state index in [-0.39, 0.29) is 23.3 Å². The number of nitrogens with one attached hydrogen (secondary N) is 1. The number of hydrogen-bond donors (Lipinski definition) is 1. The molecule has 1 atom stereocenters. The second-order valence-corrected chi connectivity index (χ2v) is 7.91. The summed E-state index contributed by atoms with van der Waals surface area (Å²) in [5, 5.41) is 2.23. The molecule has 0 bridgehead atoms. The number of hydrogen-bond acceptors (Lipinski definition) is 3. The molecule has 4 rings (SSSR count). The van der Waals surface area contributed by atoms with Crippen LogP contribution >= 0.6 is 11.8 Å². The van der Waals surface area contributed by atoms with Crippen molar-refractivity contribution in [3.05, 3.63) is 102 Å². The van der Waals surface area contributed by atoms with E-state index in [0.29, 0.717) is 11.3 Å². The van der Waals surface area contributed by atoms with Crippen molar-refractivity contribution >= 4 is 41.0 Å². The number of nitrogens with zero attached hydrogens (tertiary/aromatic N) is 1. The number of carbonyl (C=O) groups excluding carboxylic acids is 2. The van der Waals surface area contributed by atoms with Crippen molar-refractivity contribution in [1.29, 1.82) is 0 Å². The zero-order chi connectivity index (χ0) is 21.8. The number of amides is 2. The Labute approximate surface area is 182 Å². The zero-order valence-corrected chi connectivity index (χ0v) is 17.1. The second kappa shape index (κ2) is 9.14. The number of para-hydroxylation sites is 1. The largest absolute Gasteiger partial charge is 0.322 e. The van der Waals surface area contributed by atoms with Gasteiger partial charge in [-0.3, -0.25) is 14.5 Å². The van der Waals surface area contributed by atoms with Gasteiger partial charge in [-0.25, -0.2) is 8.78 Å². The highest BCUT2D eigenvalue weighted by Gasteiger charge is 2.37. The van der Waals surface area contributed by atoms with Crippen LogP contribution in [0.1, 0.15) is 16.5 Å². The highest BCUT2D eigenvalue weighted by Crippen LogP contribution is 2.44. The van der Waals surface area contributed by atoms with Crippen LogP contribution < -0.4 is 10.2 Å². The molecular weight excluding hydrogens is 418 g/mol. The van der Waals surface area contributed by atoms with Crippen LogP contribution in [0.3, 0.4) is 0 Å². The Morgan fingerprint density at radius 3 is 2.58 bits per heavy atom. The maximum atomic E-state index is 14.4. The van der Waals surface area contributed by atoms with Gasteiger partial charge in [0.1, 0.15) is 17.0 Å². The third-order valence-corrected chi connectivity index (χ3v) is 5.94. The predicted octanol–water partition coefficient (Wildman–Crippen LogP) is 5.40. The molecular formula is C24H18F2N2O2S. The molecule has 1 aliphatic rings. The van der Waals surface area contributed by atoms with Gasteiger partial charge in [-0.15, -0.1) is 11.8 Å². The van der Waals surface area contributed by atoms with E-state index >= 15 is 0 Å². The normalized spacial score (nSPS) is 16.1. The lowest BCUT2D eigenvalue weighted by Crippen LogP contribution is -2.29. The molecule has 156 valence electrons. The maximum Gasteiger partial charge on any atom is 0.248 e. The molecule has 4 nitrogen and oxygen atoms in total. The third-order valence-electron chi connectivity index (χ3n) is 4.75. The molecule has 1 N–H and O–H groups in total. The minimum absolute atomic E-state index is 0.120. The summed E-state index contributed by atoms with van der Waals surface area (Å²) in [6.45, 7) is 0. The Morgan fingerprint density at radius 2 is 1.77 bits per heavy atom. The Hall–Kier alpha value is -3.45. The first-order chi connectivity index (χ1) is 15.0. The van der Waals surface area contributed by atoms with Crippen molar-refractivity contribution in [3.8, 4) is 0 Å². The van der Waals surface area contributed by atoms with Gasteiger partial charge < -0.3 is 5.32 Å². The monoisotopic (exact) mass is 436 g/mol. The van der Waals surface area contributed by atoms with Gasteiger partial charge in [0.05, 0.1) is 11.4 Å². The quantitative estimate of drug-likeness (QED) is 0.545. The molecule has 0 aliphatic carbocycles. The van der Waals surface area contributed by atoms with Gasteiger partial charge in [0.2, 0.25) is 11.8 Å². The fourth-order valence-corrected chi connectivity index (χ4v) is 4.53. The van der Waals surface area contributed by atoms with E-state index in [2.05, 4.69) is 5.32 Å². The molecule has 1 heterocycles. The number of carbonyl (C=O) groups is 2. The molecule has 1 aliphatic heterocycles. The first-order valence-electron chi connectivity index (χ1n) is 9.54. The van der Waals surface area contributed by atoms with Gasteiger partial charge in [0.25, 0.3) is 0 Å². The summed E-state index contributed by atoms with van der Waals surface area (Å²) < 4.78 is 28.2. The van der Waals surface area contributed by atoms with E-state index < -0.39 is 17.0 Å².